The first-order valence-corrected chi connectivity index (χ1v) is 13.7. The van der Waals surface area contributed by atoms with Gasteiger partial charge in [-0.3, -0.25) is 14.5 Å². The molecule has 202 valence electrons. The van der Waals surface area contributed by atoms with Crippen LogP contribution in [-0.4, -0.2) is 60.9 Å². The van der Waals surface area contributed by atoms with Crippen LogP contribution in [0.25, 0.3) is 6.08 Å². The number of anilines is 1. The van der Waals surface area contributed by atoms with E-state index in [4.69, 9.17) is 4.74 Å². The Morgan fingerprint density at radius 1 is 0.923 bits per heavy atom. The van der Waals surface area contributed by atoms with Gasteiger partial charge in [0.25, 0.3) is 11.8 Å². The monoisotopic (exact) mass is 523 g/mol. The second-order valence-electron chi connectivity index (χ2n) is 11.3. The standard InChI is InChI=1S/C33H37N3O3/c1-33(2,3)28-14-15-30-29(22-28)36(31(37)24-39-30)23-26-11-7-13-27(21-26)32(38)35-19-17-34(18-20-35)16-8-12-25-9-5-4-6-10-25/h4-15,21-22H,16-20,23-24H2,1-3H3. The Kier molecular flexibility index (Phi) is 7.84. The molecule has 0 atom stereocenters. The molecule has 1 saturated heterocycles. The van der Waals surface area contributed by atoms with E-state index in [1.165, 1.54) is 5.56 Å². The summed E-state index contributed by atoms with van der Waals surface area (Å²) >= 11 is 0. The van der Waals surface area contributed by atoms with E-state index in [1.807, 2.05) is 53.4 Å². The lowest BCUT2D eigenvalue weighted by Crippen LogP contribution is -2.48. The molecule has 0 aliphatic carbocycles. The molecule has 0 radical (unpaired) electrons. The number of rotatable bonds is 6. The summed E-state index contributed by atoms with van der Waals surface area (Å²) in [6.45, 7) is 10.8. The maximum Gasteiger partial charge on any atom is 0.265 e. The van der Waals surface area contributed by atoms with E-state index in [1.54, 1.807) is 4.90 Å². The van der Waals surface area contributed by atoms with Crippen LogP contribution in [0.2, 0.25) is 0 Å². The summed E-state index contributed by atoms with van der Waals surface area (Å²) in [5.41, 5.74) is 4.66. The largest absolute Gasteiger partial charge is 0.482 e. The molecular weight excluding hydrogens is 486 g/mol. The quantitative estimate of drug-likeness (QED) is 0.435. The number of ether oxygens (including phenoxy) is 1. The lowest BCUT2D eigenvalue weighted by Gasteiger charge is -2.34. The zero-order chi connectivity index (χ0) is 27.4. The van der Waals surface area contributed by atoms with Gasteiger partial charge in [-0.25, -0.2) is 0 Å². The van der Waals surface area contributed by atoms with Gasteiger partial charge in [0, 0.05) is 38.3 Å². The van der Waals surface area contributed by atoms with Gasteiger partial charge in [-0.1, -0.05) is 81.5 Å². The molecular formula is C33H37N3O3. The lowest BCUT2D eigenvalue weighted by atomic mass is 9.86. The van der Waals surface area contributed by atoms with Gasteiger partial charge in [0.1, 0.15) is 5.75 Å². The summed E-state index contributed by atoms with van der Waals surface area (Å²) < 4.78 is 5.71. The van der Waals surface area contributed by atoms with Gasteiger partial charge in [-0.15, -0.1) is 0 Å². The van der Waals surface area contributed by atoms with Crippen molar-refractivity contribution in [3.05, 3.63) is 101 Å². The lowest BCUT2D eigenvalue weighted by molar-refractivity contribution is -0.121. The molecule has 2 aliphatic rings. The summed E-state index contributed by atoms with van der Waals surface area (Å²) in [6.07, 6.45) is 4.33. The van der Waals surface area contributed by atoms with Crippen molar-refractivity contribution in [3.8, 4) is 5.75 Å². The molecule has 0 unspecified atom stereocenters. The van der Waals surface area contributed by atoms with Gasteiger partial charge in [0.15, 0.2) is 6.61 Å². The van der Waals surface area contributed by atoms with Crippen molar-refractivity contribution >= 4 is 23.6 Å². The number of nitrogens with zero attached hydrogens (tertiary/aromatic N) is 3. The van der Waals surface area contributed by atoms with Crippen LogP contribution >= 0.6 is 0 Å². The van der Waals surface area contributed by atoms with E-state index >= 15 is 0 Å². The van der Waals surface area contributed by atoms with Gasteiger partial charge in [0.2, 0.25) is 0 Å². The average Bonchev–Trinajstić information content (AvgIpc) is 2.94. The SMILES string of the molecule is CC(C)(C)c1ccc2c(c1)N(Cc1cccc(C(=O)N3CCN(CC=Cc4ccccc4)CC3)c1)C(=O)CO2. The zero-order valence-electron chi connectivity index (χ0n) is 23.1. The van der Waals surface area contributed by atoms with Crippen LogP contribution in [0, 0.1) is 0 Å². The van der Waals surface area contributed by atoms with Crippen molar-refractivity contribution in [2.75, 3.05) is 44.2 Å². The maximum absolute atomic E-state index is 13.4. The zero-order valence-corrected chi connectivity index (χ0v) is 23.1. The molecule has 2 aliphatic heterocycles. The second-order valence-corrected chi connectivity index (χ2v) is 11.3. The number of carbonyl (C=O) groups excluding carboxylic acids is 2. The third-order valence-electron chi connectivity index (χ3n) is 7.42. The highest BCUT2D eigenvalue weighted by atomic mass is 16.5. The number of hydrogen-bond donors (Lipinski definition) is 0. The van der Waals surface area contributed by atoms with Crippen molar-refractivity contribution in [1.29, 1.82) is 0 Å². The van der Waals surface area contributed by atoms with Crippen molar-refractivity contribution < 1.29 is 14.3 Å². The first-order valence-electron chi connectivity index (χ1n) is 13.7. The predicted octanol–water partition coefficient (Wildman–Crippen LogP) is 5.38. The molecule has 2 heterocycles. The Labute approximate surface area is 231 Å². The summed E-state index contributed by atoms with van der Waals surface area (Å²) in [5.74, 6) is 0.675. The fraction of sp³-hybridized carbons (Fsp3) is 0.333. The molecule has 5 rings (SSSR count). The second kappa shape index (κ2) is 11.5. The van der Waals surface area contributed by atoms with Crippen LogP contribution in [0.4, 0.5) is 5.69 Å². The van der Waals surface area contributed by atoms with Crippen molar-refractivity contribution in [2.45, 2.75) is 32.7 Å². The summed E-state index contributed by atoms with van der Waals surface area (Å²) in [7, 11) is 0. The van der Waals surface area contributed by atoms with Gasteiger partial charge in [-0.2, -0.15) is 0 Å². The third-order valence-corrected chi connectivity index (χ3v) is 7.42. The minimum absolute atomic E-state index is 0.0191. The van der Waals surface area contributed by atoms with Gasteiger partial charge >= 0.3 is 0 Å². The van der Waals surface area contributed by atoms with Crippen LogP contribution < -0.4 is 9.64 Å². The number of amides is 2. The Balaban J connectivity index is 1.22. The summed E-state index contributed by atoms with van der Waals surface area (Å²) in [5, 5.41) is 0. The first kappa shape index (κ1) is 26.7. The molecule has 3 aromatic rings. The normalized spacial score (nSPS) is 16.3. The molecule has 1 fully saturated rings. The summed E-state index contributed by atoms with van der Waals surface area (Å²) in [4.78, 5) is 32.3. The fourth-order valence-corrected chi connectivity index (χ4v) is 5.05. The summed E-state index contributed by atoms with van der Waals surface area (Å²) in [6, 6.07) is 24.0. The van der Waals surface area contributed by atoms with E-state index in [2.05, 4.69) is 62.1 Å². The molecule has 6 heteroatoms. The number of carbonyl (C=O) groups is 2. The van der Waals surface area contributed by atoms with Crippen LogP contribution in [0.15, 0.2) is 78.9 Å². The van der Waals surface area contributed by atoms with Crippen LogP contribution in [0.3, 0.4) is 0 Å². The highest BCUT2D eigenvalue weighted by Crippen LogP contribution is 2.37. The third kappa shape index (κ3) is 6.40. The molecule has 3 aromatic carbocycles. The van der Waals surface area contributed by atoms with Crippen LogP contribution in [-0.2, 0) is 16.8 Å². The molecule has 0 spiro atoms. The fourth-order valence-electron chi connectivity index (χ4n) is 5.05. The first-order chi connectivity index (χ1) is 18.8. The topological polar surface area (TPSA) is 53.1 Å². The minimum Gasteiger partial charge on any atom is -0.482 e. The van der Waals surface area contributed by atoms with E-state index in [0.29, 0.717) is 30.9 Å². The Morgan fingerprint density at radius 2 is 1.69 bits per heavy atom. The molecule has 2 amide bonds. The van der Waals surface area contributed by atoms with Gasteiger partial charge in [-0.05, 0) is 46.4 Å². The van der Waals surface area contributed by atoms with Crippen LogP contribution in [0.1, 0.15) is 47.8 Å². The van der Waals surface area contributed by atoms with Crippen molar-refractivity contribution in [2.24, 2.45) is 0 Å². The Hall–Kier alpha value is -3.90. The van der Waals surface area contributed by atoms with E-state index in [-0.39, 0.29) is 23.8 Å². The minimum atomic E-state index is -0.0808. The van der Waals surface area contributed by atoms with Crippen molar-refractivity contribution in [1.82, 2.24) is 9.80 Å². The van der Waals surface area contributed by atoms with E-state index in [9.17, 15) is 9.59 Å². The Bertz CT molecular complexity index is 1350. The number of hydrogen-bond acceptors (Lipinski definition) is 4. The van der Waals surface area contributed by atoms with Crippen molar-refractivity contribution in [3.63, 3.8) is 0 Å². The number of benzene rings is 3. The number of piperazine rings is 1. The average molecular weight is 524 g/mol. The molecule has 0 aromatic heterocycles. The highest BCUT2D eigenvalue weighted by molar-refractivity contribution is 5.98. The highest BCUT2D eigenvalue weighted by Gasteiger charge is 2.28. The molecule has 0 N–H and O–H groups in total. The van der Waals surface area contributed by atoms with E-state index in [0.717, 1.165) is 36.4 Å². The van der Waals surface area contributed by atoms with Gasteiger partial charge < -0.3 is 14.5 Å². The van der Waals surface area contributed by atoms with E-state index < -0.39 is 0 Å². The maximum atomic E-state index is 13.4. The smallest absolute Gasteiger partial charge is 0.265 e. The number of fused-ring (bicyclic) bond motifs is 1. The van der Waals surface area contributed by atoms with Crippen LogP contribution in [0.5, 0.6) is 5.75 Å². The van der Waals surface area contributed by atoms with Gasteiger partial charge in [0.05, 0.1) is 12.2 Å². The Morgan fingerprint density at radius 3 is 2.44 bits per heavy atom. The predicted molar refractivity (Wildman–Crippen MR) is 156 cm³/mol. The molecule has 0 bridgehead atoms. The molecule has 0 saturated carbocycles. The molecule has 6 nitrogen and oxygen atoms in total. The molecule has 39 heavy (non-hydrogen) atoms.